The Kier molecular flexibility index (Phi) is 5.83. The number of benzene rings is 1. The van der Waals surface area contributed by atoms with Crippen LogP contribution in [-0.2, 0) is 6.42 Å². The molecule has 4 heterocycles. The molecule has 3 aromatic heterocycles. The second-order valence-corrected chi connectivity index (χ2v) is 8.66. The number of aromatic nitrogens is 2. The van der Waals surface area contributed by atoms with Crippen LogP contribution in [0.25, 0.3) is 21.7 Å². The van der Waals surface area contributed by atoms with Crippen LogP contribution >= 0.6 is 11.3 Å². The number of carbonyl (C=O) groups is 1. The minimum atomic E-state index is -0.586. The molecule has 0 N–H and O–H groups in total. The van der Waals surface area contributed by atoms with Gasteiger partial charge in [-0.15, -0.1) is 11.3 Å². The van der Waals surface area contributed by atoms with Gasteiger partial charge in [0.15, 0.2) is 0 Å². The van der Waals surface area contributed by atoms with Crippen molar-refractivity contribution in [2.24, 2.45) is 0 Å². The third-order valence-corrected chi connectivity index (χ3v) is 6.47. The van der Waals surface area contributed by atoms with Crippen LogP contribution in [0.2, 0.25) is 0 Å². The van der Waals surface area contributed by atoms with Crippen LogP contribution in [-0.4, -0.2) is 58.6 Å². The molecule has 8 nitrogen and oxygen atoms in total. The first-order valence-corrected chi connectivity index (χ1v) is 11.5. The van der Waals surface area contributed by atoms with Gasteiger partial charge in [-0.1, -0.05) is 29.4 Å². The summed E-state index contributed by atoms with van der Waals surface area (Å²) in [6, 6.07) is 12.8. The van der Waals surface area contributed by atoms with Crippen LogP contribution in [0.5, 0.6) is 0 Å². The van der Waals surface area contributed by atoms with Gasteiger partial charge in [-0.05, 0) is 36.5 Å². The minimum Gasteiger partial charge on any atom is -0.422 e. The molecule has 0 saturated carbocycles. The van der Waals surface area contributed by atoms with Crippen molar-refractivity contribution in [1.29, 1.82) is 0 Å². The van der Waals surface area contributed by atoms with Crippen molar-refractivity contribution in [3.05, 3.63) is 69.7 Å². The average Bonchev–Trinajstić information content (AvgIpc) is 3.51. The van der Waals surface area contributed by atoms with E-state index < -0.39 is 5.63 Å². The Morgan fingerprint density at radius 3 is 2.75 bits per heavy atom. The molecule has 1 saturated heterocycles. The molecule has 164 valence electrons. The summed E-state index contributed by atoms with van der Waals surface area (Å²) >= 11 is 1.59. The topological polar surface area (TPSA) is 92.7 Å². The average molecular weight is 451 g/mol. The monoisotopic (exact) mass is 450 g/mol. The zero-order valence-corrected chi connectivity index (χ0v) is 18.2. The zero-order valence-electron chi connectivity index (χ0n) is 17.4. The lowest BCUT2D eigenvalue weighted by Gasteiger charge is -2.34. The van der Waals surface area contributed by atoms with Gasteiger partial charge in [-0.25, -0.2) is 4.79 Å². The number of thiophene rings is 1. The van der Waals surface area contributed by atoms with Gasteiger partial charge in [0.2, 0.25) is 11.7 Å². The normalized spacial score (nSPS) is 14.8. The van der Waals surface area contributed by atoms with Gasteiger partial charge in [0.1, 0.15) is 11.1 Å². The lowest BCUT2D eigenvalue weighted by Crippen LogP contribution is -2.49. The lowest BCUT2D eigenvalue weighted by molar-refractivity contribution is 0.0631. The molecule has 32 heavy (non-hydrogen) atoms. The second kappa shape index (κ2) is 9.05. The molecule has 1 amide bonds. The number of amides is 1. The zero-order chi connectivity index (χ0) is 21.9. The van der Waals surface area contributed by atoms with Crippen molar-refractivity contribution in [3.8, 4) is 10.7 Å². The molecule has 0 spiro atoms. The summed E-state index contributed by atoms with van der Waals surface area (Å²) in [6.45, 7) is 3.56. The first-order valence-electron chi connectivity index (χ1n) is 10.6. The van der Waals surface area contributed by atoms with Crippen LogP contribution in [0.15, 0.2) is 61.6 Å². The van der Waals surface area contributed by atoms with E-state index in [4.69, 9.17) is 8.94 Å². The SMILES string of the molecule is O=C(c1cc2ccccc2oc1=O)N1CCN(CCCc2nc(-c3cccs3)no2)CC1. The van der Waals surface area contributed by atoms with Crippen molar-refractivity contribution in [2.45, 2.75) is 12.8 Å². The van der Waals surface area contributed by atoms with E-state index in [1.807, 2.05) is 29.6 Å². The van der Waals surface area contributed by atoms with E-state index in [0.717, 1.165) is 42.7 Å². The van der Waals surface area contributed by atoms with Gasteiger partial charge in [0, 0.05) is 38.0 Å². The molecular formula is C23H22N4O4S. The molecular weight excluding hydrogens is 428 g/mol. The summed E-state index contributed by atoms with van der Waals surface area (Å²) in [4.78, 5) is 34.7. The van der Waals surface area contributed by atoms with E-state index in [2.05, 4.69) is 15.0 Å². The summed E-state index contributed by atoms with van der Waals surface area (Å²) in [5.74, 6) is 1.02. The Hall–Kier alpha value is -3.30. The van der Waals surface area contributed by atoms with Gasteiger partial charge < -0.3 is 13.8 Å². The van der Waals surface area contributed by atoms with E-state index in [0.29, 0.717) is 30.4 Å². The second-order valence-electron chi connectivity index (χ2n) is 7.71. The highest BCUT2D eigenvalue weighted by atomic mass is 32.1. The van der Waals surface area contributed by atoms with Crippen LogP contribution in [0, 0.1) is 0 Å². The quantitative estimate of drug-likeness (QED) is 0.416. The Balaban J connectivity index is 1.12. The number of hydrogen-bond acceptors (Lipinski definition) is 8. The van der Waals surface area contributed by atoms with E-state index >= 15 is 0 Å². The van der Waals surface area contributed by atoms with Gasteiger partial charge >= 0.3 is 5.63 Å². The Morgan fingerprint density at radius 2 is 1.94 bits per heavy atom. The van der Waals surface area contributed by atoms with E-state index in [-0.39, 0.29) is 11.5 Å². The minimum absolute atomic E-state index is 0.0927. The molecule has 5 rings (SSSR count). The van der Waals surface area contributed by atoms with Gasteiger partial charge in [0.25, 0.3) is 5.91 Å². The van der Waals surface area contributed by atoms with Crippen molar-refractivity contribution >= 4 is 28.2 Å². The largest absolute Gasteiger partial charge is 0.422 e. The fourth-order valence-electron chi connectivity index (χ4n) is 3.87. The number of rotatable bonds is 6. The Bertz CT molecular complexity index is 1270. The molecule has 1 aliphatic heterocycles. The maximum absolute atomic E-state index is 12.9. The van der Waals surface area contributed by atoms with Crippen molar-refractivity contribution in [2.75, 3.05) is 32.7 Å². The summed E-state index contributed by atoms with van der Waals surface area (Å²) in [6.07, 6.45) is 1.62. The highest BCUT2D eigenvalue weighted by Crippen LogP contribution is 2.21. The molecule has 4 aromatic rings. The van der Waals surface area contributed by atoms with Crippen LogP contribution < -0.4 is 5.63 Å². The number of piperazine rings is 1. The summed E-state index contributed by atoms with van der Waals surface area (Å²) in [7, 11) is 0. The highest BCUT2D eigenvalue weighted by Gasteiger charge is 2.25. The number of aryl methyl sites for hydroxylation is 1. The first kappa shape index (κ1) is 20.6. The van der Waals surface area contributed by atoms with Crippen molar-refractivity contribution < 1.29 is 13.7 Å². The number of fused-ring (bicyclic) bond motifs is 1. The summed E-state index contributed by atoms with van der Waals surface area (Å²) in [5, 5.41) is 6.78. The Labute approximate surface area is 188 Å². The van der Waals surface area contributed by atoms with E-state index in [1.54, 1.807) is 34.4 Å². The molecule has 0 bridgehead atoms. The fraction of sp³-hybridized carbons (Fsp3) is 0.304. The van der Waals surface area contributed by atoms with Crippen LogP contribution in [0.1, 0.15) is 22.7 Å². The fourth-order valence-corrected chi connectivity index (χ4v) is 4.52. The van der Waals surface area contributed by atoms with E-state index in [1.165, 1.54) is 0 Å². The molecule has 0 unspecified atom stereocenters. The van der Waals surface area contributed by atoms with Crippen LogP contribution in [0.3, 0.4) is 0 Å². The molecule has 1 aromatic carbocycles. The molecule has 9 heteroatoms. The predicted molar refractivity (Wildman–Crippen MR) is 121 cm³/mol. The van der Waals surface area contributed by atoms with Gasteiger partial charge in [-0.3, -0.25) is 9.69 Å². The smallest absolute Gasteiger partial charge is 0.349 e. The van der Waals surface area contributed by atoms with Crippen LogP contribution in [0.4, 0.5) is 0 Å². The molecule has 0 aliphatic carbocycles. The standard InChI is InChI=1S/C23H22N4O4S/c28-22(17-15-16-5-1-2-6-18(16)30-23(17)29)27-12-10-26(11-13-27)9-3-8-20-24-21(25-31-20)19-7-4-14-32-19/h1-2,4-7,14-15H,3,8-13H2. The summed E-state index contributed by atoms with van der Waals surface area (Å²) < 4.78 is 10.7. The maximum Gasteiger partial charge on any atom is 0.349 e. The molecule has 1 fully saturated rings. The number of carbonyl (C=O) groups excluding carboxylic acids is 1. The lowest BCUT2D eigenvalue weighted by atomic mass is 10.1. The molecule has 0 radical (unpaired) electrons. The third-order valence-electron chi connectivity index (χ3n) is 5.61. The van der Waals surface area contributed by atoms with Gasteiger partial charge in [0.05, 0.1) is 4.88 Å². The van der Waals surface area contributed by atoms with Crippen molar-refractivity contribution in [1.82, 2.24) is 19.9 Å². The highest BCUT2D eigenvalue weighted by molar-refractivity contribution is 7.13. The molecule has 1 aliphatic rings. The summed E-state index contributed by atoms with van der Waals surface area (Å²) in [5.41, 5.74) is -0.00433. The maximum atomic E-state index is 12.9. The predicted octanol–water partition coefficient (Wildman–Crippen LogP) is 3.30. The van der Waals surface area contributed by atoms with E-state index in [9.17, 15) is 9.59 Å². The van der Waals surface area contributed by atoms with Crippen molar-refractivity contribution in [3.63, 3.8) is 0 Å². The number of hydrogen-bond donors (Lipinski definition) is 0. The first-order chi connectivity index (χ1) is 15.7. The van der Waals surface area contributed by atoms with Gasteiger partial charge in [-0.2, -0.15) is 4.98 Å². The number of nitrogens with zero attached hydrogens (tertiary/aromatic N) is 4. The Morgan fingerprint density at radius 1 is 1.09 bits per heavy atom. The number of para-hydroxylation sites is 1. The molecule has 0 atom stereocenters. The third kappa shape index (κ3) is 4.35.